The summed E-state index contributed by atoms with van der Waals surface area (Å²) < 4.78 is 29.9. The average Bonchev–Trinajstić information content (AvgIpc) is 2.62. The molecule has 1 fully saturated rings. The molecule has 0 amide bonds. The molecule has 0 unspecified atom stereocenters. The van der Waals surface area contributed by atoms with E-state index in [9.17, 15) is 9.18 Å². The van der Waals surface area contributed by atoms with Gasteiger partial charge in [-0.2, -0.15) is 0 Å². The SMILES string of the molecule is C[C@]1(C(=O)O)OC[C@@H](c2ccc(OCc3ccccc3F)cc2)CO1. The summed E-state index contributed by atoms with van der Waals surface area (Å²) in [6, 6.07) is 13.8. The van der Waals surface area contributed by atoms with Crippen LogP contribution < -0.4 is 4.74 Å². The van der Waals surface area contributed by atoms with Gasteiger partial charge >= 0.3 is 5.97 Å². The van der Waals surface area contributed by atoms with Crippen LogP contribution in [0, 0.1) is 5.82 Å². The van der Waals surface area contributed by atoms with Crippen molar-refractivity contribution in [3.8, 4) is 5.75 Å². The first-order valence-electron chi connectivity index (χ1n) is 7.95. The van der Waals surface area contributed by atoms with E-state index in [1.54, 1.807) is 30.3 Å². The third kappa shape index (κ3) is 3.97. The van der Waals surface area contributed by atoms with E-state index in [-0.39, 0.29) is 31.6 Å². The molecule has 3 rings (SSSR count). The molecule has 0 radical (unpaired) electrons. The molecule has 2 aromatic carbocycles. The third-order valence-electron chi connectivity index (χ3n) is 4.21. The molecule has 0 atom stereocenters. The minimum atomic E-state index is -1.58. The second kappa shape index (κ2) is 7.21. The largest absolute Gasteiger partial charge is 0.489 e. The summed E-state index contributed by atoms with van der Waals surface area (Å²) in [5, 5.41) is 9.07. The van der Waals surface area contributed by atoms with Gasteiger partial charge in [0.2, 0.25) is 0 Å². The molecule has 1 heterocycles. The van der Waals surface area contributed by atoms with E-state index < -0.39 is 11.8 Å². The second-order valence-electron chi connectivity index (χ2n) is 6.02. The number of aliphatic carboxylic acids is 1. The zero-order valence-corrected chi connectivity index (χ0v) is 13.8. The van der Waals surface area contributed by atoms with E-state index >= 15 is 0 Å². The van der Waals surface area contributed by atoms with E-state index in [1.165, 1.54) is 13.0 Å². The number of halogens is 1. The van der Waals surface area contributed by atoms with Gasteiger partial charge in [-0.15, -0.1) is 0 Å². The van der Waals surface area contributed by atoms with Crippen LogP contribution in [0.2, 0.25) is 0 Å². The Kier molecular flexibility index (Phi) is 5.01. The van der Waals surface area contributed by atoms with E-state index in [0.717, 1.165) is 5.56 Å². The zero-order chi connectivity index (χ0) is 17.9. The Balaban J connectivity index is 1.58. The molecule has 0 aliphatic carbocycles. The molecule has 1 saturated heterocycles. The number of carboxylic acids is 1. The van der Waals surface area contributed by atoms with Crippen LogP contribution in [0.25, 0.3) is 0 Å². The van der Waals surface area contributed by atoms with Gasteiger partial charge in [0.15, 0.2) is 0 Å². The van der Waals surface area contributed by atoms with Crippen molar-refractivity contribution >= 4 is 5.97 Å². The average molecular weight is 346 g/mol. The standard InChI is InChI=1S/C19H19FO5/c1-19(18(21)22)24-11-15(12-25-19)13-6-8-16(9-7-13)23-10-14-4-2-3-5-17(14)20/h2-9,15H,10-12H2,1H3,(H,21,22)/t15-,19+. The van der Waals surface area contributed by atoms with Crippen molar-refractivity contribution in [1.29, 1.82) is 0 Å². The molecular weight excluding hydrogens is 327 g/mol. The molecular formula is C19H19FO5. The number of carbonyl (C=O) groups is 1. The lowest BCUT2D eigenvalue weighted by atomic mass is 9.99. The fourth-order valence-electron chi connectivity index (χ4n) is 2.54. The summed E-state index contributed by atoms with van der Waals surface area (Å²) in [5.74, 6) is -2.44. The molecule has 0 spiro atoms. The smallest absolute Gasteiger partial charge is 0.364 e. The quantitative estimate of drug-likeness (QED) is 0.900. The van der Waals surface area contributed by atoms with Crippen molar-refractivity contribution < 1.29 is 28.5 Å². The number of carboxylic acid groups (broad SMARTS) is 1. The predicted molar refractivity (Wildman–Crippen MR) is 87.9 cm³/mol. The Morgan fingerprint density at radius 1 is 1.20 bits per heavy atom. The molecule has 1 aliphatic heterocycles. The molecule has 2 aromatic rings. The van der Waals surface area contributed by atoms with Crippen LogP contribution in [-0.4, -0.2) is 30.1 Å². The third-order valence-corrected chi connectivity index (χ3v) is 4.21. The molecule has 25 heavy (non-hydrogen) atoms. The lowest BCUT2D eigenvalue weighted by molar-refractivity contribution is -0.262. The first-order valence-corrected chi connectivity index (χ1v) is 7.95. The van der Waals surface area contributed by atoms with Gasteiger partial charge in [0.1, 0.15) is 18.2 Å². The Bertz CT molecular complexity index is 736. The second-order valence-corrected chi connectivity index (χ2v) is 6.02. The highest BCUT2D eigenvalue weighted by molar-refractivity contribution is 5.75. The Hall–Kier alpha value is -2.44. The number of ether oxygens (including phenoxy) is 3. The molecule has 0 saturated carbocycles. The van der Waals surface area contributed by atoms with E-state index in [4.69, 9.17) is 19.3 Å². The highest BCUT2D eigenvalue weighted by Gasteiger charge is 2.40. The summed E-state index contributed by atoms with van der Waals surface area (Å²) in [4.78, 5) is 11.1. The Morgan fingerprint density at radius 2 is 1.84 bits per heavy atom. The van der Waals surface area contributed by atoms with Gasteiger partial charge in [-0.3, -0.25) is 0 Å². The van der Waals surface area contributed by atoms with Crippen molar-refractivity contribution in [2.45, 2.75) is 25.2 Å². The highest BCUT2D eigenvalue weighted by atomic mass is 19.1. The van der Waals surface area contributed by atoms with Gasteiger partial charge in [0.05, 0.1) is 13.2 Å². The van der Waals surface area contributed by atoms with Crippen LogP contribution >= 0.6 is 0 Å². The van der Waals surface area contributed by atoms with Crippen LogP contribution in [0.3, 0.4) is 0 Å². The first kappa shape index (κ1) is 17.4. The van der Waals surface area contributed by atoms with Crippen LogP contribution in [0.4, 0.5) is 4.39 Å². The summed E-state index contributed by atoms with van der Waals surface area (Å²) in [5.41, 5.74) is 1.46. The summed E-state index contributed by atoms with van der Waals surface area (Å²) >= 11 is 0. The maximum Gasteiger partial charge on any atom is 0.364 e. The van der Waals surface area contributed by atoms with Crippen molar-refractivity contribution in [3.05, 3.63) is 65.5 Å². The van der Waals surface area contributed by atoms with Gasteiger partial charge < -0.3 is 19.3 Å². The Labute approximate surface area is 144 Å². The normalized spacial score (nSPS) is 23.2. The van der Waals surface area contributed by atoms with Crippen LogP contribution in [0.15, 0.2) is 48.5 Å². The van der Waals surface area contributed by atoms with E-state index in [1.807, 2.05) is 12.1 Å². The molecule has 132 valence electrons. The lowest BCUT2D eigenvalue weighted by Crippen LogP contribution is -2.47. The molecule has 0 aromatic heterocycles. The Morgan fingerprint density at radius 3 is 2.44 bits per heavy atom. The molecule has 6 heteroatoms. The minimum Gasteiger partial charge on any atom is -0.489 e. The predicted octanol–water partition coefficient (Wildman–Crippen LogP) is 3.34. The van der Waals surface area contributed by atoms with Gasteiger partial charge in [0.25, 0.3) is 5.79 Å². The molecule has 1 N–H and O–H groups in total. The summed E-state index contributed by atoms with van der Waals surface area (Å²) in [6.45, 7) is 2.07. The van der Waals surface area contributed by atoms with Crippen LogP contribution in [-0.2, 0) is 20.9 Å². The fourth-order valence-corrected chi connectivity index (χ4v) is 2.54. The van der Waals surface area contributed by atoms with Crippen molar-refractivity contribution in [2.75, 3.05) is 13.2 Å². The van der Waals surface area contributed by atoms with Crippen molar-refractivity contribution in [3.63, 3.8) is 0 Å². The molecule has 1 aliphatic rings. The number of benzene rings is 2. The molecule has 0 bridgehead atoms. The van der Waals surface area contributed by atoms with Crippen LogP contribution in [0.5, 0.6) is 5.75 Å². The number of hydrogen-bond acceptors (Lipinski definition) is 4. The van der Waals surface area contributed by atoms with Gasteiger partial charge in [-0.05, 0) is 23.8 Å². The van der Waals surface area contributed by atoms with Gasteiger partial charge in [-0.1, -0.05) is 30.3 Å². The summed E-state index contributed by atoms with van der Waals surface area (Å²) in [7, 11) is 0. The fraction of sp³-hybridized carbons (Fsp3) is 0.316. The topological polar surface area (TPSA) is 65.0 Å². The van der Waals surface area contributed by atoms with Crippen molar-refractivity contribution in [1.82, 2.24) is 0 Å². The maximum atomic E-state index is 13.6. The van der Waals surface area contributed by atoms with Crippen LogP contribution in [0.1, 0.15) is 24.0 Å². The maximum absolute atomic E-state index is 13.6. The number of hydrogen-bond donors (Lipinski definition) is 1. The van der Waals surface area contributed by atoms with E-state index in [0.29, 0.717) is 11.3 Å². The first-order chi connectivity index (χ1) is 12.0. The minimum absolute atomic E-state index is 0.0481. The van der Waals surface area contributed by atoms with Crippen molar-refractivity contribution in [2.24, 2.45) is 0 Å². The van der Waals surface area contributed by atoms with Gasteiger partial charge in [0, 0.05) is 18.4 Å². The van der Waals surface area contributed by atoms with Gasteiger partial charge in [-0.25, -0.2) is 9.18 Å². The summed E-state index contributed by atoms with van der Waals surface area (Å²) in [6.07, 6.45) is 0. The lowest BCUT2D eigenvalue weighted by Gasteiger charge is -2.34. The monoisotopic (exact) mass is 346 g/mol. The van der Waals surface area contributed by atoms with E-state index in [2.05, 4.69) is 0 Å². The molecule has 5 nitrogen and oxygen atoms in total. The zero-order valence-electron chi connectivity index (χ0n) is 13.8. The highest BCUT2D eigenvalue weighted by Crippen LogP contribution is 2.29. The number of rotatable bonds is 5.